The number of aliphatic imine (C=N–C) groups is 1. The van der Waals surface area contributed by atoms with Crippen molar-refractivity contribution in [2.24, 2.45) is 16.5 Å². The summed E-state index contributed by atoms with van der Waals surface area (Å²) in [5.74, 6) is 0.212. The molecule has 0 atom stereocenters. The summed E-state index contributed by atoms with van der Waals surface area (Å²) in [4.78, 5) is 3.91. The largest absolute Gasteiger partial charge is 0.370 e. The van der Waals surface area contributed by atoms with Gasteiger partial charge in [0, 0.05) is 6.54 Å². The molecule has 0 rings (SSSR count). The molecular formula is C9H22BrN3. The molecular weight excluding hydrogens is 230 g/mol. The average molecular weight is 252 g/mol. The monoisotopic (exact) mass is 251 g/mol. The molecule has 0 aromatic rings. The summed E-state index contributed by atoms with van der Waals surface area (Å²) in [6, 6.07) is 0. The van der Waals surface area contributed by atoms with Gasteiger partial charge in [0.25, 0.3) is 0 Å². The first-order chi connectivity index (χ1) is 5.77. The number of hydrogen-bond acceptors (Lipinski definition) is 1. The van der Waals surface area contributed by atoms with E-state index >= 15 is 0 Å². The molecule has 0 aromatic heterocycles. The van der Waals surface area contributed by atoms with Gasteiger partial charge in [0.15, 0.2) is 5.96 Å². The molecule has 4 heteroatoms. The fourth-order valence-electron chi connectivity index (χ4n) is 1.10. The third-order valence-electron chi connectivity index (χ3n) is 1.81. The zero-order valence-electron chi connectivity index (χ0n) is 8.46. The molecule has 0 unspecified atom stereocenters. The van der Waals surface area contributed by atoms with Crippen LogP contribution in [0, 0.1) is 0 Å². The van der Waals surface area contributed by atoms with Crippen LogP contribution in [0.1, 0.15) is 45.4 Å². The van der Waals surface area contributed by atoms with Crippen LogP contribution >= 0.6 is 17.0 Å². The highest BCUT2D eigenvalue weighted by Gasteiger charge is 1.88. The maximum Gasteiger partial charge on any atom is 0.185 e. The SMILES string of the molecule is Br.CCCCCCCCN=C(N)N. The Hall–Kier alpha value is -0.250. The van der Waals surface area contributed by atoms with Gasteiger partial charge in [0.1, 0.15) is 0 Å². The molecule has 0 aliphatic rings. The van der Waals surface area contributed by atoms with Crippen molar-refractivity contribution in [1.29, 1.82) is 0 Å². The molecule has 0 saturated heterocycles. The van der Waals surface area contributed by atoms with Gasteiger partial charge in [-0.3, -0.25) is 4.99 Å². The Morgan fingerprint density at radius 2 is 1.54 bits per heavy atom. The minimum atomic E-state index is 0. The summed E-state index contributed by atoms with van der Waals surface area (Å²) in [5, 5.41) is 0. The van der Waals surface area contributed by atoms with Crippen molar-refractivity contribution >= 4 is 22.9 Å². The van der Waals surface area contributed by atoms with Gasteiger partial charge in [-0.25, -0.2) is 0 Å². The van der Waals surface area contributed by atoms with E-state index < -0.39 is 0 Å². The number of rotatable bonds is 7. The second-order valence-electron chi connectivity index (χ2n) is 3.07. The number of unbranched alkanes of at least 4 members (excludes halogenated alkanes) is 5. The average Bonchev–Trinajstić information content (AvgIpc) is 2.02. The highest BCUT2D eigenvalue weighted by atomic mass is 79.9. The predicted octanol–water partition coefficient (Wildman–Crippen LogP) is 2.20. The van der Waals surface area contributed by atoms with Crippen LogP contribution in [-0.2, 0) is 0 Å². The van der Waals surface area contributed by atoms with Gasteiger partial charge < -0.3 is 11.5 Å². The van der Waals surface area contributed by atoms with Crippen LogP contribution in [0.4, 0.5) is 0 Å². The van der Waals surface area contributed by atoms with Crippen molar-refractivity contribution in [3.05, 3.63) is 0 Å². The van der Waals surface area contributed by atoms with Gasteiger partial charge in [0.05, 0.1) is 0 Å². The maximum absolute atomic E-state index is 5.18. The zero-order valence-corrected chi connectivity index (χ0v) is 10.2. The van der Waals surface area contributed by atoms with Crippen molar-refractivity contribution in [2.75, 3.05) is 6.54 Å². The fraction of sp³-hybridized carbons (Fsp3) is 0.889. The first kappa shape index (κ1) is 15.2. The number of nitrogens with zero attached hydrogens (tertiary/aromatic N) is 1. The number of guanidine groups is 1. The van der Waals surface area contributed by atoms with E-state index in [1.807, 2.05) is 0 Å². The van der Waals surface area contributed by atoms with Gasteiger partial charge in [-0.05, 0) is 6.42 Å². The molecule has 0 bridgehead atoms. The molecule has 4 N–H and O–H groups in total. The van der Waals surface area contributed by atoms with Gasteiger partial charge >= 0.3 is 0 Å². The number of nitrogens with two attached hydrogens (primary N) is 2. The van der Waals surface area contributed by atoms with Crippen LogP contribution in [0.2, 0.25) is 0 Å². The lowest BCUT2D eigenvalue weighted by molar-refractivity contribution is 0.612. The Kier molecular flexibility index (Phi) is 13.8. The highest BCUT2D eigenvalue weighted by Crippen LogP contribution is 2.04. The van der Waals surface area contributed by atoms with E-state index in [0.29, 0.717) is 0 Å². The van der Waals surface area contributed by atoms with Crippen molar-refractivity contribution in [3.63, 3.8) is 0 Å². The lowest BCUT2D eigenvalue weighted by atomic mass is 10.1. The molecule has 0 amide bonds. The Labute approximate surface area is 91.7 Å². The van der Waals surface area contributed by atoms with Crippen LogP contribution in [0.15, 0.2) is 4.99 Å². The summed E-state index contributed by atoms with van der Waals surface area (Å²) >= 11 is 0. The third-order valence-corrected chi connectivity index (χ3v) is 1.81. The van der Waals surface area contributed by atoms with E-state index in [4.69, 9.17) is 11.5 Å². The minimum absolute atomic E-state index is 0. The zero-order chi connectivity index (χ0) is 9.23. The topological polar surface area (TPSA) is 64.4 Å². The summed E-state index contributed by atoms with van der Waals surface area (Å²) in [7, 11) is 0. The summed E-state index contributed by atoms with van der Waals surface area (Å²) in [6.45, 7) is 3.01. The second-order valence-corrected chi connectivity index (χ2v) is 3.07. The van der Waals surface area contributed by atoms with Crippen LogP contribution in [-0.4, -0.2) is 12.5 Å². The van der Waals surface area contributed by atoms with Crippen molar-refractivity contribution < 1.29 is 0 Å². The smallest absolute Gasteiger partial charge is 0.185 e. The molecule has 0 saturated carbocycles. The van der Waals surface area contributed by atoms with Crippen molar-refractivity contribution in [1.82, 2.24) is 0 Å². The van der Waals surface area contributed by atoms with Crippen molar-refractivity contribution in [2.45, 2.75) is 45.4 Å². The van der Waals surface area contributed by atoms with Crippen molar-refractivity contribution in [3.8, 4) is 0 Å². The van der Waals surface area contributed by atoms with Gasteiger partial charge in [0.2, 0.25) is 0 Å². The Morgan fingerprint density at radius 1 is 1.00 bits per heavy atom. The Balaban J connectivity index is 0. The van der Waals surface area contributed by atoms with Gasteiger partial charge in [-0.15, -0.1) is 17.0 Å². The van der Waals surface area contributed by atoms with E-state index in [1.165, 1.54) is 32.1 Å². The lowest BCUT2D eigenvalue weighted by Crippen LogP contribution is -2.22. The standard InChI is InChI=1S/C9H21N3.BrH/c1-2-3-4-5-6-7-8-12-9(10)11;/h2-8H2,1H3,(H4,10,11,12);1H. The lowest BCUT2D eigenvalue weighted by Gasteiger charge is -1.97. The molecule has 0 aliphatic heterocycles. The van der Waals surface area contributed by atoms with E-state index in [-0.39, 0.29) is 22.9 Å². The molecule has 80 valence electrons. The fourth-order valence-corrected chi connectivity index (χ4v) is 1.10. The first-order valence-corrected chi connectivity index (χ1v) is 4.82. The predicted molar refractivity (Wildman–Crippen MR) is 64.4 cm³/mol. The van der Waals surface area contributed by atoms with E-state index in [1.54, 1.807) is 0 Å². The molecule has 0 radical (unpaired) electrons. The third kappa shape index (κ3) is 14.6. The highest BCUT2D eigenvalue weighted by molar-refractivity contribution is 8.93. The quantitative estimate of drug-likeness (QED) is 0.414. The summed E-state index contributed by atoms with van der Waals surface area (Å²) < 4.78 is 0. The van der Waals surface area contributed by atoms with Crippen LogP contribution in [0.3, 0.4) is 0 Å². The molecule has 0 aliphatic carbocycles. The minimum Gasteiger partial charge on any atom is -0.370 e. The molecule has 0 heterocycles. The number of hydrogen-bond donors (Lipinski definition) is 2. The van der Waals surface area contributed by atoms with E-state index in [9.17, 15) is 0 Å². The molecule has 3 nitrogen and oxygen atoms in total. The molecule has 0 fully saturated rings. The Bertz CT molecular complexity index is 122. The number of halogens is 1. The normalized spacial score (nSPS) is 9.00. The molecule has 13 heavy (non-hydrogen) atoms. The first-order valence-electron chi connectivity index (χ1n) is 4.82. The van der Waals surface area contributed by atoms with Crippen LogP contribution in [0.5, 0.6) is 0 Å². The summed E-state index contributed by atoms with van der Waals surface area (Å²) in [6.07, 6.45) is 7.67. The van der Waals surface area contributed by atoms with Crippen LogP contribution in [0.25, 0.3) is 0 Å². The van der Waals surface area contributed by atoms with Crippen LogP contribution < -0.4 is 11.5 Å². The molecule has 0 spiro atoms. The van der Waals surface area contributed by atoms with Gasteiger partial charge in [-0.1, -0.05) is 39.0 Å². The maximum atomic E-state index is 5.18. The second kappa shape index (κ2) is 11.8. The van der Waals surface area contributed by atoms with E-state index in [2.05, 4.69) is 11.9 Å². The van der Waals surface area contributed by atoms with E-state index in [0.717, 1.165) is 13.0 Å². The Morgan fingerprint density at radius 3 is 2.08 bits per heavy atom. The van der Waals surface area contributed by atoms with Gasteiger partial charge in [-0.2, -0.15) is 0 Å². The molecule has 0 aromatic carbocycles. The summed E-state index contributed by atoms with van der Waals surface area (Å²) in [5.41, 5.74) is 10.4.